The maximum absolute atomic E-state index is 12.3. The van der Waals surface area contributed by atoms with Crippen molar-refractivity contribution in [3.05, 3.63) is 29.8 Å². The zero-order valence-electron chi connectivity index (χ0n) is 14.4. The number of imide groups is 1. The Hall–Kier alpha value is -2.04. The number of rotatable bonds is 3. The van der Waals surface area contributed by atoms with E-state index in [9.17, 15) is 9.59 Å². The molecule has 24 heavy (non-hydrogen) atoms. The number of fused-ring (bicyclic) bond motifs is 1. The average Bonchev–Trinajstić information content (AvgIpc) is 2.58. The van der Waals surface area contributed by atoms with E-state index < -0.39 is 0 Å². The lowest BCUT2D eigenvalue weighted by atomic mass is 9.96. The van der Waals surface area contributed by atoms with Crippen molar-refractivity contribution in [3.63, 3.8) is 0 Å². The molecule has 0 unspecified atom stereocenters. The lowest BCUT2D eigenvalue weighted by molar-refractivity contribution is -0.118. The Labute approximate surface area is 143 Å². The van der Waals surface area contributed by atoms with Crippen LogP contribution in [0.2, 0.25) is 0 Å². The third kappa shape index (κ3) is 4.08. The molecule has 130 valence electrons. The number of benzene rings is 1. The largest absolute Gasteiger partial charge is 0.359 e. The fraction of sp³-hybridized carbons (Fsp3) is 0.579. The van der Waals surface area contributed by atoms with Gasteiger partial charge < -0.3 is 10.2 Å². The molecule has 3 amide bonds. The van der Waals surface area contributed by atoms with Crippen LogP contribution in [-0.2, 0) is 11.2 Å². The van der Waals surface area contributed by atoms with Crippen molar-refractivity contribution in [2.75, 3.05) is 11.4 Å². The molecule has 2 aliphatic rings. The Morgan fingerprint density at radius 3 is 2.67 bits per heavy atom. The van der Waals surface area contributed by atoms with Crippen LogP contribution in [0.3, 0.4) is 0 Å². The van der Waals surface area contributed by atoms with E-state index in [0.717, 1.165) is 44.2 Å². The van der Waals surface area contributed by atoms with Crippen LogP contribution in [0.4, 0.5) is 10.5 Å². The van der Waals surface area contributed by atoms with E-state index in [0.29, 0.717) is 6.04 Å². The smallest absolute Gasteiger partial charge is 0.321 e. The number of hydrogen-bond acceptors (Lipinski definition) is 3. The highest BCUT2D eigenvalue weighted by Crippen LogP contribution is 2.29. The predicted molar refractivity (Wildman–Crippen MR) is 95.1 cm³/mol. The zero-order valence-corrected chi connectivity index (χ0v) is 14.4. The van der Waals surface area contributed by atoms with Crippen molar-refractivity contribution < 1.29 is 9.59 Å². The fourth-order valence-corrected chi connectivity index (χ4v) is 3.79. The molecular formula is C19H27N3O2. The van der Waals surface area contributed by atoms with Gasteiger partial charge in [-0.1, -0.05) is 37.5 Å². The topological polar surface area (TPSA) is 61.4 Å². The van der Waals surface area contributed by atoms with Gasteiger partial charge in [0, 0.05) is 17.8 Å². The minimum Gasteiger partial charge on any atom is -0.359 e. The molecule has 2 N–H and O–H groups in total. The fourth-order valence-electron chi connectivity index (χ4n) is 3.79. The number of nitrogens with zero attached hydrogens (tertiary/aromatic N) is 1. The normalized spacial score (nSPS) is 21.0. The Balaban J connectivity index is 1.55. The van der Waals surface area contributed by atoms with Gasteiger partial charge in [0.15, 0.2) is 0 Å². The van der Waals surface area contributed by atoms with E-state index in [1.54, 1.807) is 0 Å². The number of urea groups is 1. The highest BCUT2D eigenvalue weighted by Gasteiger charge is 2.25. The summed E-state index contributed by atoms with van der Waals surface area (Å²) in [7, 11) is 0. The number of hydrogen-bond donors (Lipinski definition) is 2. The minimum atomic E-state index is -0.357. The van der Waals surface area contributed by atoms with Gasteiger partial charge in [-0.25, -0.2) is 4.79 Å². The first-order valence-electron chi connectivity index (χ1n) is 9.08. The van der Waals surface area contributed by atoms with Crippen molar-refractivity contribution in [2.45, 2.75) is 64.0 Å². The molecule has 0 bridgehead atoms. The molecule has 1 aromatic carbocycles. The molecule has 1 saturated carbocycles. The molecule has 0 aromatic heterocycles. The van der Waals surface area contributed by atoms with Crippen LogP contribution < -0.4 is 15.5 Å². The van der Waals surface area contributed by atoms with Gasteiger partial charge in [-0.05, 0) is 44.2 Å². The molecule has 1 aromatic rings. The lowest BCUT2D eigenvalue weighted by Gasteiger charge is -2.36. The number of para-hydroxylation sites is 1. The molecular weight excluding hydrogens is 302 g/mol. The first kappa shape index (κ1) is 16.8. The van der Waals surface area contributed by atoms with Gasteiger partial charge in [-0.15, -0.1) is 0 Å². The SMILES string of the molecule is C[C@H]1CCc2ccccc2N1CC(=O)NC(=O)NC1CCCCC1. The second kappa shape index (κ2) is 7.69. The van der Waals surface area contributed by atoms with Crippen molar-refractivity contribution in [1.82, 2.24) is 10.6 Å². The zero-order chi connectivity index (χ0) is 16.9. The molecule has 1 heterocycles. The summed E-state index contributed by atoms with van der Waals surface area (Å²) < 4.78 is 0. The Bertz CT molecular complexity index is 596. The van der Waals surface area contributed by atoms with E-state index >= 15 is 0 Å². The van der Waals surface area contributed by atoms with Crippen LogP contribution in [0.15, 0.2) is 24.3 Å². The molecule has 0 spiro atoms. The van der Waals surface area contributed by atoms with Crippen molar-refractivity contribution >= 4 is 17.6 Å². The minimum absolute atomic E-state index is 0.209. The second-order valence-electron chi connectivity index (χ2n) is 7.00. The maximum atomic E-state index is 12.3. The third-order valence-corrected chi connectivity index (χ3v) is 5.17. The number of amides is 3. The molecule has 1 atom stereocenters. The number of anilines is 1. The van der Waals surface area contributed by atoms with Crippen LogP contribution in [0, 0.1) is 0 Å². The first-order valence-corrected chi connectivity index (χ1v) is 9.08. The van der Waals surface area contributed by atoms with Crippen LogP contribution in [0.1, 0.15) is 51.0 Å². The van der Waals surface area contributed by atoms with E-state index in [1.807, 2.05) is 12.1 Å². The number of carbonyl (C=O) groups excluding carboxylic acids is 2. The highest BCUT2D eigenvalue weighted by atomic mass is 16.2. The summed E-state index contributed by atoms with van der Waals surface area (Å²) in [5.74, 6) is -0.244. The van der Waals surface area contributed by atoms with Crippen LogP contribution in [-0.4, -0.2) is 30.6 Å². The van der Waals surface area contributed by atoms with E-state index in [-0.39, 0.29) is 24.5 Å². The molecule has 1 aliphatic heterocycles. The van der Waals surface area contributed by atoms with Gasteiger partial charge in [0.25, 0.3) is 0 Å². The molecule has 1 fully saturated rings. The molecule has 1 aliphatic carbocycles. The van der Waals surface area contributed by atoms with Crippen LogP contribution >= 0.6 is 0 Å². The standard InChI is InChI=1S/C19H27N3O2/c1-14-11-12-15-7-5-6-10-17(15)22(14)13-18(23)21-19(24)20-16-8-3-2-4-9-16/h5-7,10,14,16H,2-4,8-9,11-13H2,1H3,(H2,20,21,23,24)/t14-/m0/s1. The molecule has 5 nitrogen and oxygen atoms in total. The first-order chi connectivity index (χ1) is 11.6. The summed E-state index contributed by atoms with van der Waals surface area (Å²) in [6.07, 6.45) is 7.64. The van der Waals surface area contributed by atoms with E-state index in [2.05, 4.69) is 34.6 Å². The molecule has 5 heteroatoms. The highest BCUT2D eigenvalue weighted by molar-refractivity contribution is 5.96. The summed E-state index contributed by atoms with van der Waals surface area (Å²) in [4.78, 5) is 26.4. The average molecular weight is 329 g/mol. The Morgan fingerprint density at radius 2 is 1.88 bits per heavy atom. The van der Waals surface area contributed by atoms with Crippen LogP contribution in [0.25, 0.3) is 0 Å². The Morgan fingerprint density at radius 1 is 1.12 bits per heavy atom. The van der Waals surface area contributed by atoms with Crippen molar-refractivity contribution in [2.24, 2.45) is 0 Å². The summed E-state index contributed by atoms with van der Waals surface area (Å²) >= 11 is 0. The molecule has 0 radical (unpaired) electrons. The predicted octanol–water partition coefficient (Wildman–Crippen LogP) is 2.99. The quantitative estimate of drug-likeness (QED) is 0.896. The molecule has 3 rings (SSSR count). The van der Waals surface area contributed by atoms with E-state index in [4.69, 9.17) is 0 Å². The van der Waals surface area contributed by atoms with Crippen molar-refractivity contribution in [1.29, 1.82) is 0 Å². The van der Waals surface area contributed by atoms with Gasteiger partial charge in [-0.3, -0.25) is 10.1 Å². The van der Waals surface area contributed by atoms with Gasteiger partial charge in [0.2, 0.25) is 5.91 Å². The van der Waals surface area contributed by atoms with Gasteiger partial charge in [0.05, 0.1) is 6.54 Å². The lowest BCUT2D eigenvalue weighted by Crippen LogP contribution is -2.50. The second-order valence-corrected chi connectivity index (χ2v) is 7.00. The van der Waals surface area contributed by atoms with Crippen molar-refractivity contribution in [3.8, 4) is 0 Å². The van der Waals surface area contributed by atoms with Crippen LogP contribution in [0.5, 0.6) is 0 Å². The number of carbonyl (C=O) groups is 2. The van der Waals surface area contributed by atoms with Gasteiger partial charge in [0.1, 0.15) is 0 Å². The summed E-state index contributed by atoms with van der Waals surface area (Å²) in [6, 6.07) is 8.35. The van der Waals surface area contributed by atoms with E-state index in [1.165, 1.54) is 12.0 Å². The number of aryl methyl sites for hydroxylation is 1. The monoisotopic (exact) mass is 329 g/mol. The third-order valence-electron chi connectivity index (χ3n) is 5.17. The number of nitrogens with one attached hydrogen (secondary N) is 2. The molecule has 0 saturated heterocycles. The van der Waals surface area contributed by atoms with Gasteiger partial charge in [-0.2, -0.15) is 0 Å². The maximum Gasteiger partial charge on any atom is 0.321 e. The summed E-state index contributed by atoms with van der Waals surface area (Å²) in [5, 5.41) is 5.42. The summed E-state index contributed by atoms with van der Waals surface area (Å²) in [6.45, 7) is 2.35. The Kier molecular flexibility index (Phi) is 5.38. The summed E-state index contributed by atoms with van der Waals surface area (Å²) in [5.41, 5.74) is 2.38. The van der Waals surface area contributed by atoms with Gasteiger partial charge >= 0.3 is 6.03 Å².